The highest BCUT2D eigenvalue weighted by Gasteiger charge is 2.29. The Morgan fingerprint density at radius 1 is 0.774 bits per heavy atom. The van der Waals surface area contributed by atoms with Gasteiger partial charge in [-0.1, -0.05) is 78.9 Å². The number of hydrogen-bond acceptors (Lipinski definition) is 4. The highest BCUT2D eigenvalue weighted by Crippen LogP contribution is 2.36. The van der Waals surface area contributed by atoms with E-state index in [4.69, 9.17) is 5.10 Å². The summed E-state index contributed by atoms with van der Waals surface area (Å²) in [6.45, 7) is 0. The molecule has 1 aliphatic rings. The third-order valence-electron chi connectivity index (χ3n) is 5.35. The molecule has 4 heteroatoms. The fourth-order valence-electron chi connectivity index (χ4n) is 3.77. The van der Waals surface area contributed by atoms with Crippen molar-refractivity contribution in [1.29, 1.82) is 0 Å². The van der Waals surface area contributed by atoms with Crippen molar-refractivity contribution in [3.8, 4) is 0 Å². The van der Waals surface area contributed by atoms with E-state index in [1.54, 1.807) is 6.20 Å². The summed E-state index contributed by atoms with van der Waals surface area (Å²) >= 11 is 0. The van der Waals surface area contributed by atoms with Crippen LogP contribution < -0.4 is 5.01 Å². The minimum atomic E-state index is 0.171. The van der Waals surface area contributed by atoms with Gasteiger partial charge in [0.25, 0.3) is 0 Å². The van der Waals surface area contributed by atoms with Crippen LogP contribution in [-0.4, -0.2) is 16.9 Å². The van der Waals surface area contributed by atoms with Gasteiger partial charge in [0.05, 0.1) is 17.4 Å². The largest absolute Gasteiger partial charge is 0.257 e. The van der Waals surface area contributed by atoms with Crippen molar-refractivity contribution in [2.24, 2.45) is 10.1 Å². The SMILES string of the molecule is C(=Nc1ccccn1)c1ccc(N2N=C(c3ccccc3)CC2c2ccccc2)cc1. The number of pyridine rings is 1. The summed E-state index contributed by atoms with van der Waals surface area (Å²) in [4.78, 5) is 8.67. The van der Waals surface area contributed by atoms with Crippen molar-refractivity contribution in [1.82, 2.24) is 4.98 Å². The van der Waals surface area contributed by atoms with Crippen molar-refractivity contribution >= 4 is 23.4 Å². The molecule has 0 aliphatic carbocycles. The lowest BCUT2D eigenvalue weighted by molar-refractivity contribution is 0.709. The second-order valence-electron chi connectivity index (χ2n) is 7.43. The first-order valence-corrected chi connectivity index (χ1v) is 10.4. The number of hydrogen-bond donors (Lipinski definition) is 0. The monoisotopic (exact) mass is 402 g/mol. The van der Waals surface area contributed by atoms with Crippen LogP contribution in [0.2, 0.25) is 0 Å². The number of nitrogens with zero attached hydrogens (tertiary/aromatic N) is 4. The predicted molar refractivity (Wildman–Crippen MR) is 127 cm³/mol. The van der Waals surface area contributed by atoms with E-state index in [1.165, 1.54) is 11.1 Å². The van der Waals surface area contributed by atoms with E-state index in [0.29, 0.717) is 5.82 Å². The molecule has 0 radical (unpaired) electrons. The van der Waals surface area contributed by atoms with Gasteiger partial charge in [-0.2, -0.15) is 5.10 Å². The van der Waals surface area contributed by atoms with Crippen LogP contribution >= 0.6 is 0 Å². The lowest BCUT2D eigenvalue weighted by Gasteiger charge is -2.24. The van der Waals surface area contributed by atoms with Gasteiger partial charge in [0, 0.05) is 18.8 Å². The lowest BCUT2D eigenvalue weighted by atomic mass is 9.98. The average molecular weight is 403 g/mol. The van der Waals surface area contributed by atoms with Gasteiger partial charge in [0.15, 0.2) is 5.82 Å². The van der Waals surface area contributed by atoms with Gasteiger partial charge in [-0.25, -0.2) is 9.98 Å². The van der Waals surface area contributed by atoms with Crippen molar-refractivity contribution in [3.05, 3.63) is 126 Å². The zero-order valence-corrected chi connectivity index (χ0v) is 17.0. The molecule has 1 unspecified atom stereocenters. The summed E-state index contributed by atoms with van der Waals surface area (Å²) in [6, 6.07) is 35.2. The predicted octanol–water partition coefficient (Wildman–Crippen LogP) is 6.19. The van der Waals surface area contributed by atoms with Crippen LogP contribution in [0.25, 0.3) is 0 Å². The maximum Gasteiger partial charge on any atom is 0.151 e. The Balaban J connectivity index is 1.44. The summed E-state index contributed by atoms with van der Waals surface area (Å²) in [5.74, 6) is 0.701. The van der Waals surface area contributed by atoms with Crippen molar-refractivity contribution in [3.63, 3.8) is 0 Å². The highest BCUT2D eigenvalue weighted by molar-refractivity contribution is 6.03. The fourth-order valence-corrected chi connectivity index (χ4v) is 3.77. The molecule has 0 saturated carbocycles. The molecule has 1 aliphatic heterocycles. The molecule has 1 aromatic heterocycles. The smallest absolute Gasteiger partial charge is 0.151 e. The fraction of sp³-hybridized carbons (Fsp3) is 0.0741. The van der Waals surface area contributed by atoms with Crippen LogP contribution in [0.1, 0.15) is 29.2 Å². The molecular weight excluding hydrogens is 380 g/mol. The Morgan fingerprint density at radius 2 is 1.48 bits per heavy atom. The van der Waals surface area contributed by atoms with E-state index in [0.717, 1.165) is 23.4 Å². The molecular formula is C27H22N4. The van der Waals surface area contributed by atoms with Gasteiger partial charge in [0.2, 0.25) is 0 Å². The summed E-state index contributed by atoms with van der Waals surface area (Å²) in [6.07, 6.45) is 4.45. The van der Waals surface area contributed by atoms with Crippen LogP contribution in [0.4, 0.5) is 11.5 Å². The number of rotatable bonds is 5. The van der Waals surface area contributed by atoms with E-state index in [-0.39, 0.29) is 6.04 Å². The average Bonchev–Trinajstić information content (AvgIpc) is 3.30. The van der Waals surface area contributed by atoms with Crippen LogP contribution in [0.3, 0.4) is 0 Å². The number of aliphatic imine (C=N–C) groups is 1. The molecule has 0 spiro atoms. The molecule has 0 N–H and O–H groups in total. The molecule has 0 amide bonds. The Labute approximate surface area is 182 Å². The van der Waals surface area contributed by atoms with Crippen LogP contribution in [-0.2, 0) is 0 Å². The summed E-state index contributed by atoms with van der Waals surface area (Å²) in [5.41, 5.74) is 5.63. The molecule has 2 heterocycles. The normalized spacial score (nSPS) is 15.9. The molecule has 0 fully saturated rings. The van der Waals surface area contributed by atoms with E-state index in [2.05, 4.69) is 93.8 Å². The van der Waals surface area contributed by atoms with E-state index >= 15 is 0 Å². The number of aromatic nitrogens is 1. The first-order valence-electron chi connectivity index (χ1n) is 10.4. The van der Waals surface area contributed by atoms with Crippen molar-refractivity contribution < 1.29 is 0 Å². The van der Waals surface area contributed by atoms with Crippen molar-refractivity contribution in [2.45, 2.75) is 12.5 Å². The quantitative estimate of drug-likeness (QED) is 0.374. The second-order valence-corrected chi connectivity index (χ2v) is 7.43. The van der Waals surface area contributed by atoms with Crippen LogP contribution in [0.15, 0.2) is 119 Å². The molecule has 5 rings (SSSR count). The Kier molecular flexibility index (Phi) is 5.35. The van der Waals surface area contributed by atoms with Gasteiger partial charge >= 0.3 is 0 Å². The van der Waals surface area contributed by atoms with Crippen LogP contribution in [0.5, 0.6) is 0 Å². The Bertz CT molecular complexity index is 1180. The number of benzene rings is 3. The second kappa shape index (κ2) is 8.76. The van der Waals surface area contributed by atoms with Gasteiger partial charge in [-0.15, -0.1) is 0 Å². The Hall–Kier alpha value is -4.05. The van der Waals surface area contributed by atoms with Crippen LogP contribution in [0, 0.1) is 0 Å². The maximum absolute atomic E-state index is 5.02. The van der Waals surface area contributed by atoms with Gasteiger partial charge in [-0.05, 0) is 41.0 Å². The maximum atomic E-state index is 5.02. The minimum Gasteiger partial charge on any atom is -0.257 e. The molecule has 31 heavy (non-hydrogen) atoms. The molecule has 1 atom stereocenters. The topological polar surface area (TPSA) is 40.9 Å². The third kappa shape index (κ3) is 4.28. The van der Waals surface area contributed by atoms with Gasteiger partial charge < -0.3 is 0 Å². The molecule has 0 bridgehead atoms. The minimum absolute atomic E-state index is 0.171. The van der Waals surface area contributed by atoms with Crippen molar-refractivity contribution in [2.75, 3.05) is 5.01 Å². The first kappa shape index (κ1) is 18.9. The Morgan fingerprint density at radius 3 is 2.19 bits per heavy atom. The first-order chi connectivity index (χ1) is 15.4. The van der Waals surface area contributed by atoms with Gasteiger partial charge in [0.1, 0.15) is 0 Å². The number of hydrazone groups is 1. The molecule has 4 aromatic rings. The highest BCUT2D eigenvalue weighted by atomic mass is 15.5. The molecule has 4 nitrogen and oxygen atoms in total. The standard InChI is InChI=1S/C27H22N4/c1-3-9-22(10-4-1)25-19-26(23-11-5-2-6-12-23)31(30-25)24-16-14-21(15-17-24)20-29-27-13-7-8-18-28-27/h1-18,20,26H,19H2. The zero-order valence-electron chi connectivity index (χ0n) is 17.0. The summed E-state index contributed by atoms with van der Waals surface area (Å²) < 4.78 is 0. The summed E-state index contributed by atoms with van der Waals surface area (Å²) in [5, 5.41) is 7.15. The third-order valence-corrected chi connectivity index (χ3v) is 5.35. The van der Waals surface area contributed by atoms with E-state index in [1.807, 2.05) is 30.5 Å². The van der Waals surface area contributed by atoms with E-state index in [9.17, 15) is 0 Å². The number of anilines is 1. The van der Waals surface area contributed by atoms with Gasteiger partial charge in [-0.3, -0.25) is 5.01 Å². The summed E-state index contributed by atoms with van der Waals surface area (Å²) in [7, 11) is 0. The van der Waals surface area contributed by atoms with E-state index < -0.39 is 0 Å². The molecule has 3 aromatic carbocycles. The lowest BCUT2D eigenvalue weighted by Crippen LogP contribution is -2.18. The zero-order chi connectivity index (χ0) is 20.9. The molecule has 150 valence electrons. The molecule has 0 saturated heterocycles.